The number of imide groups is 1. The number of anilines is 2. The predicted octanol–water partition coefficient (Wildman–Crippen LogP) is 5.14. The standard InChI is InChI=1S/C31H29Cl2N5O3/c1-35-30(40)38(26-15-24(32)14-25(33)16-26)29(39)31(35)20-36(19-27(31)22-8-6-21(17-34)7-9-22)18-23-4-2-3-5-28(23)37-10-12-41-13-11-37/h2-9,14-16,27H,10-13,18-20H2,1H3/t27-,31+/m0/s1. The van der Waals surface area contributed by atoms with Crippen molar-refractivity contribution in [2.45, 2.75) is 18.0 Å². The molecule has 3 aromatic carbocycles. The number of halogens is 2. The van der Waals surface area contributed by atoms with Gasteiger partial charge in [0.05, 0.1) is 30.5 Å². The second-order valence-electron chi connectivity index (χ2n) is 10.7. The third kappa shape index (κ3) is 4.83. The fourth-order valence-corrected chi connectivity index (χ4v) is 6.93. The minimum Gasteiger partial charge on any atom is -0.378 e. The number of hydrogen-bond acceptors (Lipinski definition) is 6. The molecule has 0 radical (unpaired) electrons. The quantitative estimate of drug-likeness (QED) is 0.383. The van der Waals surface area contributed by atoms with Gasteiger partial charge in [-0.1, -0.05) is 53.5 Å². The Kier molecular flexibility index (Phi) is 7.39. The molecule has 8 nitrogen and oxygen atoms in total. The molecule has 0 bridgehead atoms. The van der Waals surface area contributed by atoms with Gasteiger partial charge in [0.25, 0.3) is 5.91 Å². The SMILES string of the molecule is CN1C(=O)N(c2cc(Cl)cc(Cl)c2)C(=O)[C@]12CN(Cc1ccccc1N1CCOCC1)C[C@H]2c1ccc(C#N)cc1. The number of amides is 3. The fraction of sp³-hybridized carbons (Fsp3) is 0.323. The molecule has 0 N–H and O–H groups in total. The molecule has 3 aliphatic rings. The maximum absolute atomic E-state index is 14.5. The Morgan fingerprint density at radius 1 is 1.00 bits per heavy atom. The molecule has 0 aliphatic carbocycles. The van der Waals surface area contributed by atoms with Crippen LogP contribution < -0.4 is 9.80 Å². The van der Waals surface area contributed by atoms with Crippen molar-refractivity contribution < 1.29 is 14.3 Å². The largest absolute Gasteiger partial charge is 0.378 e. The predicted molar refractivity (Wildman–Crippen MR) is 158 cm³/mol. The average Bonchev–Trinajstić information content (AvgIpc) is 3.44. The van der Waals surface area contributed by atoms with Gasteiger partial charge in [-0.2, -0.15) is 5.26 Å². The molecule has 0 saturated carbocycles. The van der Waals surface area contributed by atoms with E-state index in [2.05, 4.69) is 28.0 Å². The van der Waals surface area contributed by atoms with Crippen LogP contribution in [-0.4, -0.2) is 73.7 Å². The van der Waals surface area contributed by atoms with Crippen LogP contribution in [0.25, 0.3) is 0 Å². The maximum Gasteiger partial charge on any atom is 0.332 e. The Balaban J connectivity index is 1.39. The van der Waals surface area contributed by atoms with E-state index >= 15 is 0 Å². The van der Waals surface area contributed by atoms with Gasteiger partial charge in [-0.05, 0) is 47.5 Å². The zero-order valence-electron chi connectivity index (χ0n) is 22.6. The summed E-state index contributed by atoms with van der Waals surface area (Å²) in [4.78, 5) is 35.6. The van der Waals surface area contributed by atoms with Crippen molar-refractivity contribution in [3.05, 3.63) is 93.5 Å². The first-order valence-corrected chi connectivity index (χ1v) is 14.3. The lowest BCUT2D eigenvalue weighted by atomic mass is 9.80. The van der Waals surface area contributed by atoms with Gasteiger partial charge >= 0.3 is 6.03 Å². The molecule has 3 aromatic rings. The van der Waals surface area contributed by atoms with Gasteiger partial charge in [-0.3, -0.25) is 9.69 Å². The molecule has 0 unspecified atom stereocenters. The summed E-state index contributed by atoms with van der Waals surface area (Å²) >= 11 is 12.5. The first-order chi connectivity index (χ1) is 19.8. The van der Waals surface area contributed by atoms with E-state index in [1.165, 1.54) is 4.90 Å². The van der Waals surface area contributed by atoms with Gasteiger partial charge in [0, 0.05) is 61.4 Å². The van der Waals surface area contributed by atoms with Crippen LogP contribution in [0.1, 0.15) is 22.6 Å². The molecule has 3 amide bonds. The molecule has 0 aromatic heterocycles. The van der Waals surface area contributed by atoms with Crippen LogP contribution in [0.2, 0.25) is 10.0 Å². The van der Waals surface area contributed by atoms with Gasteiger partial charge in [0.15, 0.2) is 0 Å². The van der Waals surface area contributed by atoms with Crippen LogP contribution in [0.4, 0.5) is 16.2 Å². The summed E-state index contributed by atoms with van der Waals surface area (Å²) in [5.74, 6) is -0.645. The lowest BCUT2D eigenvalue weighted by Gasteiger charge is -2.34. The highest BCUT2D eigenvalue weighted by atomic mass is 35.5. The number of carbonyl (C=O) groups is 2. The second kappa shape index (κ2) is 11.0. The lowest BCUT2D eigenvalue weighted by molar-refractivity contribution is -0.124. The van der Waals surface area contributed by atoms with E-state index in [1.54, 1.807) is 42.3 Å². The highest BCUT2D eigenvalue weighted by Crippen LogP contribution is 2.47. The number of benzene rings is 3. The molecular formula is C31H29Cl2N5O3. The molecule has 6 rings (SSSR count). The molecule has 1 spiro atoms. The van der Waals surface area contributed by atoms with Crippen molar-refractivity contribution in [3.8, 4) is 6.07 Å². The van der Waals surface area contributed by atoms with Crippen LogP contribution in [0.15, 0.2) is 66.7 Å². The first kappa shape index (κ1) is 27.6. The third-order valence-electron chi connectivity index (χ3n) is 8.42. The second-order valence-corrected chi connectivity index (χ2v) is 11.6. The molecule has 3 saturated heterocycles. The molecule has 3 aliphatic heterocycles. The zero-order chi connectivity index (χ0) is 28.7. The summed E-state index contributed by atoms with van der Waals surface area (Å²) in [6.07, 6.45) is 0. The Hall–Kier alpha value is -3.61. The van der Waals surface area contributed by atoms with Crippen molar-refractivity contribution in [1.82, 2.24) is 9.80 Å². The normalized spacial score (nSPS) is 23.1. The van der Waals surface area contributed by atoms with E-state index in [0.29, 0.717) is 54.1 Å². The van der Waals surface area contributed by atoms with E-state index < -0.39 is 11.6 Å². The van der Waals surface area contributed by atoms with E-state index in [0.717, 1.165) is 29.9 Å². The Morgan fingerprint density at radius 2 is 1.68 bits per heavy atom. The molecule has 3 heterocycles. The van der Waals surface area contributed by atoms with Crippen LogP contribution in [0.3, 0.4) is 0 Å². The van der Waals surface area contributed by atoms with Crippen LogP contribution in [0, 0.1) is 11.3 Å². The van der Waals surface area contributed by atoms with E-state index in [9.17, 15) is 14.9 Å². The number of nitriles is 1. The summed E-state index contributed by atoms with van der Waals surface area (Å²) < 4.78 is 5.56. The van der Waals surface area contributed by atoms with Gasteiger partial charge in [-0.25, -0.2) is 9.69 Å². The monoisotopic (exact) mass is 589 g/mol. The third-order valence-corrected chi connectivity index (χ3v) is 8.85. The van der Waals surface area contributed by atoms with Crippen molar-refractivity contribution in [3.63, 3.8) is 0 Å². The summed E-state index contributed by atoms with van der Waals surface area (Å²) in [5, 5.41) is 10.0. The number of rotatable bonds is 5. The number of nitrogens with zero attached hydrogens (tertiary/aromatic N) is 5. The Bertz CT molecular complexity index is 1520. The molecule has 41 heavy (non-hydrogen) atoms. The minimum atomic E-state index is -1.16. The number of likely N-dealkylation sites (N-methyl/N-ethyl adjacent to an activating group) is 1. The number of likely N-dealkylation sites (tertiary alicyclic amines) is 1. The summed E-state index contributed by atoms with van der Waals surface area (Å²) in [6.45, 7) is 4.53. The Morgan fingerprint density at radius 3 is 2.37 bits per heavy atom. The molecular weight excluding hydrogens is 561 g/mol. The van der Waals surface area contributed by atoms with Crippen LogP contribution in [0.5, 0.6) is 0 Å². The highest BCUT2D eigenvalue weighted by Gasteiger charge is 2.64. The van der Waals surface area contributed by atoms with E-state index in [4.69, 9.17) is 27.9 Å². The highest BCUT2D eigenvalue weighted by molar-refractivity contribution is 6.35. The maximum atomic E-state index is 14.5. The number of hydrogen-bond donors (Lipinski definition) is 0. The zero-order valence-corrected chi connectivity index (χ0v) is 24.1. The Labute approximate surface area is 249 Å². The average molecular weight is 591 g/mol. The van der Waals surface area contributed by atoms with E-state index in [1.807, 2.05) is 24.3 Å². The van der Waals surface area contributed by atoms with Gasteiger partial charge in [0.2, 0.25) is 0 Å². The fourth-order valence-electron chi connectivity index (χ4n) is 6.41. The number of urea groups is 1. The summed E-state index contributed by atoms with van der Waals surface area (Å²) in [7, 11) is 1.69. The number of morpholine rings is 1. The molecule has 3 fully saturated rings. The van der Waals surface area contributed by atoms with Crippen molar-refractivity contribution >= 4 is 46.5 Å². The summed E-state index contributed by atoms with van der Waals surface area (Å²) in [5.41, 5.74) is 2.93. The lowest BCUT2D eigenvalue weighted by Crippen LogP contribution is -2.53. The molecule has 10 heteroatoms. The van der Waals surface area contributed by atoms with Crippen molar-refractivity contribution in [2.24, 2.45) is 0 Å². The number of carbonyl (C=O) groups excluding carboxylic acids is 2. The number of ether oxygens (including phenoxy) is 1. The first-order valence-electron chi connectivity index (χ1n) is 13.5. The van der Waals surface area contributed by atoms with Crippen LogP contribution in [-0.2, 0) is 16.1 Å². The molecule has 2 atom stereocenters. The van der Waals surface area contributed by atoms with E-state index in [-0.39, 0.29) is 11.8 Å². The van der Waals surface area contributed by atoms with Gasteiger partial charge in [0.1, 0.15) is 5.54 Å². The number of para-hydroxylation sites is 1. The van der Waals surface area contributed by atoms with Crippen LogP contribution >= 0.6 is 23.2 Å². The van der Waals surface area contributed by atoms with Crippen molar-refractivity contribution in [2.75, 3.05) is 56.2 Å². The van der Waals surface area contributed by atoms with Gasteiger partial charge in [-0.15, -0.1) is 0 Å². The topological polar surface area (TPSA) is 80.1 Å². The summed E-state index contributed by atoms with van der Waals surface area (Å²) in [6, 6.07) is 22.1. The minimum absolute atomic E-state index is 0.318. The van der Waals surface area contributed by atoms with Crippen molar-refractivity contribution in [1.29, 1.82) is 5.26 Å². The van der Waals surface area contributed by atoms with Gasteiger partial charge < -0.3 is 14.5 Å². The smallest absolute Gasteiger partial charge is 0.332 e. The molecule has 210 valence electrons.